The average molecular weight is 341 g/mol. The van der Waals surface area contributed by atoms with E-state index in [0.29, 0.717) is 5.92 Å². The van der Waals surface area contributed by atoms with Crippen LogP contribution in [0.1, 0.15) is 52.7 Å². The zero-order valence-electron chi connectivity index (χ0n) is 16.1. The first-order valence-corrected chi connectivity index (χ1v) is 9.62. The van der Waals surface area contributed by atoms with Crippen molar-refractivity contribution in [3.63, 3.8) is 0 Å². The molecule has 0 atom stereocenters. The van der Waals surface area contributed by atoms with E-state index in [1.165, 1.54) is 25.8 Å². The van der Waals surface area contributed by atoms with Crippen LogP contribution in [0.5, 0.6) is 0 Å². The first-order chi connectivity index (χ1) is 11.9. The Hall–Kier alpha value is -1.68. The zero-order valence-corrected chi connectivity index (χ0v) is 16.1. The molecule has 1 aromatic carbocycles. The highest BCUT2D eigenvalue weighted by atomic mass is 16.1. The number of hydrogen-bond acceptors (Lipinski definition) is 3. The van der Waals surface area contributed by atoms with E-state index in [1.54, 1.807) is 0 Å². The van der Waals surface area contributed by atoms with Gasteiger partial charge in [0.15, 0.2) is 0 Å². The number of nitrogens with zero attached hydrogens (tertiary/aromatic N) is 3. The zero-order chi connectivity index (χ0) is 18.0. The number of piperidine rings is 1. The largest absolute Gasteiger partial charge is 0.348 e. The average Bonchev–Trinajstić information content (AvgIpc) is 2.58. The third-order valence-electron chi connectivity index (χ3n) is 5.29. The molecule has 0 N–H and O–H groups in total. The predicted molar refractivity (Wildman–Crippen MR) is 104 cm³/mol. The minimum absolute atomic E-state index is 0.0976. The Morgan fingerprint density at radius 1 is 1.16 bits per heavy atom. The molecular weight excluding hydrogens is 310 g/mol. The molecule has 0 saturated carbocycles. The Kier molecular flexibility index (Phi) is 5.28. The number of rotatable bonds is 4. The fourth-order valence-electron chi connectivity index (χ4n) is 3.94. The lowest BCUT2D eigenvalue weighted by Gasteiger charge is -2.32. The number of hydrogen-bond donors (Lipinski definition) is 0. The first kappa shape index (κ1) is 18.1. The lowest BCUT2D eigenvalue weighted by atomic mass is 9.89. The van der Waals surface area contributed by atoms with Gasteiger partial charge in [-0.1, -0.05) is 45.9 Å². The molecule has 1 fully saturated rings. The lowest BCUT2D eigenvalue weighted by Crippen LogP contribution is -2.37. The van der Waals surface area contributed by atoms with Crippen LogP contribution in [-0.4, -0.2) is 34.1 Å². The summed E-state index contributed by atoms with van der Waals surface area (Å²) in [5.41, 5.74) is 1.70. The van der Waals surface area contributed by atoms with Crippen molar-refractivity contribution in [2.75, 3.05) is 19.6 Å². The number of aromatic nitrogens is 2. The van der Waals surface area contributed by atoms with Crippen molar-refractivity contribution in [3.05, 3.63) is 40.4 Å². The molecule has 2 heterocycles. The Morgan fingerprint density at radius 2 is 1.84 bits per heavy atom. The third kappa shape index (κ3) is 3.95. The van der Waals surface area contributed by atoms with Gasteiger partial charge in [-0.2, -0.15) is 4.98 Å². The molecular formula is C21H31N3O. The molecule has 0 radical (unpaired) electrons. The second kappa shape index (κ2) is 7.28. The van der Waals surface area contributed by atoms with Crippen molar-refractivity contribution in [3.8, 4) is 0 Å². The number of benzene rings is 1. The standard InChI is InChI=1S/C21H31N3O/c1-5-12-23-13-10-16(11-14-23)15-24-18-9-7-6-8-17(18)19(21(2,3)4)22-20(24)25/h6-9,16H,5,10-15H2,1-4H3. The van der Waals surface area contributed by atoms with Gasteiger partial charge in [0.1, 0.15) is 0 Å². The molecule has 136 valence electrons. The van der Waals surface area contributed by atoms with Crippen molar-refractivity contribution >= 4 is 10.9 Å². The van der Waals surface area contributed by atoms with Crippen LogP contribution in [-0.2, 0) is 12.0 Å². The maximum atomic E-state index is 12.8. The van der Waals surface area contributed by atoms with E-state index in [9.17, 15) is 4.79 Å². The predicted octanol–water partition coefficient (Wildman–Crippen LogP) is 3.82. The molecule has 0 aliphatic carbocycles. The van der Waals surface area contributed by atoms with Gasteiger partial charge < -0.3 is 4.90 Å². The summed E-state index contributed by atoms with van der Waals surface area (Å²) < 4.78 is 1.91. The Balaban J connectivity index is 1.90. The maximum absolute atomic E-state index is 12.8. The van der Waals surface area contributed by atoms with Crippen molar-refractivity contribution < 1.29 is 0 Å². The van der Waals surface area contributed by atoms with E-state index < -0.39 is 0 Å². The van der Waals surface area contributed by atoms with E-state index >= 15 is 0 Å². The van der Waals surface area contributed by atoms with E-state index in [-0.39, 0.29) is 11.1 Å². The van der Waals surface area contributed by atoms with Gasteiger partial charge in [-0.15, -0.1) is 0 Å². The minimum atomic E-state index is -0.136. The van der Waals surface area contributed by atoms with Crippen LogP contribution in [0.4, 0.5) is 0 Å². The first-order valence-electron chi connectivity index (χ1n) is 9.62. The maximum Gasteiger partial charge on any atom is 0.348 e. The van der Waals surface area contributed by atoms with Crippen molar-refractivity contribution in [1.29, 1.82) is 0 Å². The molecule has 2 aromatic rings. The van der Waals surface area contributed by atoms with Crippen LogP contribution in [0.3, 0.4) is 0 Å². The van der Waals surface area contributed by atoms with E-state index in [2.05, 4.69) is 49.7 Å². The molecule has 3 rings (SSSR count). The quantitative estimate of drug-likeness (QED) is 0.848. The van der Waals surface area contributed by atoms with Gasteiger partial charge in [0.05, 0.1) is 11.2 Å². The summed E-state index contributed by atoms with van der Waals surface area (Å²) in [6, 6.07) is 8.23. The molecule has 0 bridgehead atoms. The van der Waals surface area contributed by atoms with Gasteiger partial charge in [0, 0.05) is 17.3 Å². The Labute approximate surface area is 150 Å². The SMILES string of the molecule is CCCN1CCC(Cn2c(=O)nc(C(C)(C)C)c3ccccc32)CC1. The van der Waals surface area contributed by atoms with Gasteiger partial charge in [-0.3, -0.25) is 4.57 Å². The second-order valence-corrected chi connectivity index (χ2v) is 8.41. The van der Waals surface area contributed by atoms with Crippen LogP contribution in [0, 0.1) is 5.92 Å². The molecule has 4 nitrogen and oxygen atoms in total. The summed E-state index contributed by atoms with van der Waals surface area (Å²) in [5.74, 6) is 0.566. The van der Waals surface area contributed by atoms with Gasteiger partial charge in [0.2, 0.25) is 0 Å². The monoisotopic (exact) mass is 341 g/mol. The van der Waals surface area contributed by atoms with Crippen LogP contribution >= 0.6 is 0 Å². The molecule has 0 unspecified atom stereocenters. The highest BCUT2D eigenvalue weighted by molar-refractivity contribution is 5.82. The van der Waals surface area contributed by atoms with Gasteiger partial charge in [0.25, 0.3) is 0 Å². The minimum Gasteiger partial charge on any atom is -0.303 e. The van der Waals surface area contributed by atoms with Crippen LogP contribution in [0.15, 0.2) is 29.1 Å². The molecule has 1 aliphatic rings. The van der Waals surface area contributed by atoms with E-state index in [0.717, 1.165) is 36.2 Å². The summed E-state index contributed by atoms with van der Waals surface area (Å²) in [7, 11) is 0. The summed E-state index contributed by atoms with van der Waals surface area (Å²) in [6.45, 7) is 12.9. The van der Waals surface area contributed by atoms with Crippen LogP contribution < -0.4 is 5.69 Å². The van der Waals surface area contributed by atoms with E-state index in [4.69, 9.17) is 0 Å². The smallest absolute Gasteiger partial charge is 0.303 e. The summed E-state index contributed by atoms with van der Waals surface area (Å²) >= 11 is 0. The van der Waals surface area contributed by atoms with Crippen molar-refractivity contribution in [2.24, 2.45) is 5.92 Å². The fourth-order valence-corrected chi connectivity index (χ4v) is 3.94. The van der Waals surface area contributed by atoms with Crippen molar-refractivity contribution in [1.82, 2.24) is 14.5 Å². The molecule has 25 heavy (non-hydrogen) atoms. The van der Waals surface area contributed by atoms with Gasteiger partial charge >= 0.3 is 5.69 Å². The highest BCUT2D eigenvalue weighted by Crippen LogP contribution is 2.28. The van der Waals surface area contributed by atoms with Crippen LogP contribution in [0.2, 0.25) is 0 Å². The lowest BCUT2D eigenvalue weighted by molar-refractivity contribution is 0.174. The fraction of sp³-hybridized carbons (Fsp3) is 0.619. The normalized spacial score (nSPS) is 17.3. The molecule has 0 spiro atoms. The topological polar surface area (TPSA) is 38.1 Å². The summed E-state index contributed by atoms with van der Waals surface area (Å²) in [5, 5.41) is 1.11. The van der Waals surface area contributed by atoms with E-state index in [1.807, 2.05) is 16.7 Å². The highest BCUT2D eigenvalue weighted by Gasteiger charge is 2.24. The molecule has 1 aromatic heterocycles. The van der Waals surface area contributed by atoms with Gasteiger partial charge in [-0.05, 0) is 50.9 Å². The number of fused-ring (bicyclic) bond motifs is 1. The summed E-state index contributed by atoms with van der Waals surface area (Å²) in [4.78, 5) is 19.8. The Bertz CT molecular complexity index is 780. The van der Waals surface area contributed by atoms with Crippen molar-refractivity contribution in [2.45, 2.75) is 58.9 Å². The number of likely N-dealkylation sites (tertiary alicyclic amines) is 1. The molecule has 0 amide bonds. The molecule has 4 heteroatoms. The second-order valence-electron chi connectivity index (χ2n) is 8.41. The number of para-hydroxylation sites is 1. The molecule has 1 aliphatic heterocycles. The molecule has 1 saturated heterocycles. The van der Waals surface area contributed by atoms with Crippen LogP contribution in [0.25, 0.3) is 10.9 Å². The third-order valence-corrected chi connectivity index (χ3v) is 5.29. The van der Waals surface area contributed by atoms with Gasteiger partial charge in [-0.25, -0.2) is 4.79 Å². The summed E-state index contributed by atoms with van der Waals surface area (Å²) in [6.07, 6.45) is 3.55. The Morgan fingerprint density at radius 3 is 2.48 bits per heavy atom.